The van der Waals surface area contributed by atoms with E-state index < -0.39 is 4.25 Å². The number of halogens is 1. The zero-order valence-electron chi connectivity index (χ0n) is 24.3. The van der Waals surface area contributed by atoms with Crippen LogP contribution in [0.4, 0.5) is 0 Å². The molecule has 2 nitrogen and oxygen atoms in total. The third kappa shape index (κ3) is 9.12. The van der Waals surface area contributed by atoms with E-state index in [-0.39, 0.29) is 6.29 Å². The Morgan fingerprint density at radius 1 is 0.538 bits per heavy atom. The van der Waals surface area contributed by atoms with Gasteiger partial charge in [-0.3, -0.25) is 0 Å². The molecular weight excluding hydrogens is 610 g/mol. The van der Waals surface area contributed by atoms with Gasteiger partial charge in [0.05, 0.1) is 0 Å². The fourth-order valence-electron chi connectivity index (χ4n) is 5.41. The molecule has 0 fully saturated rings. The van der Waals surface area contributed by atoms with Gasteiger partial charge >= 0.3 is 226 Å². The van der Waals surface area contributed by atoms with Crippen molar-refractivity contribution in [3.63, 3.8) is 0 Å². The third-order valence-electron chi connectivity index (χ3n) is 7.75. The Labute approximate surface area is 251 Å². The van der Waals surface area contributed by atoms with E-state index in [0.29, 0.717) is 0 Å². The van der Waals surface area contributed by atoms with Crippen molar-refractivity contribution in [2.24, 2.45) is 0 Å². The molecule has 4 heteroatoms. The first-order valence-electron chi connectivity index (χ1n) is 15.3. The van der Waals surface area contributed by atoms with Crippen molar-refractivity contribution in [3.8, 4) is 0 Å². The summed E-state index contributed by atoms with van der Waals surface area (Å²) in [5.74, 6) is 0. The van der Waals surface area contributed by atoms with Crippen LogP contribution in [0.1, 0.15) is 84.5 Å². The first kappa shape index (κ1) is 32.3. The van der Waals surface area contributed by atoms with E-state index in [2.05, 4.69) is 127 Å². The monoisotopic (exact) mass is 660 g/mol. The SMILES string of the molecule is CCCCOC(CCCCCCCCP(I)(c1ccccc1)(c1ccccc1)c1ccccc1)OCCCC. The molecule has 3 aromatic carbocycles. The van der Waals surface area contributed by atoms with Crippen LogP contribution in [0.5, 0.6) is 0 Å². The average Bonchev–Trinajstić information content (AvgIpc) is 2.99. The minimum Gasteiger partial charge on any atom is -0.0653 e. The van der Waals surface area contributed by atoms with E-state index >= 15 is 0 Å². The first-order valence-corrected chi connectivity index (χ1v) is 20.5. The molecule has 3 aromatic rings. The van der Waals surface area contributed by atoms with Gasteiger partial charge < -0.3 is 0 Å². The van der Waals surface area contributed by atoms with Crippen molar-refractivity contribution in [3.05, 3.63) is 91.0 Å². The molecule has 0 aliphatic rings. The topological polar surface area (TPSA) is 18.5 Å². The Kier molecular flexibility index (Phi) is 14.5. The van der Waals surface area contributed by atoms with Crippen molar-refractivity contribution in [2.75, 3.05) is 19.4 Å². The number of rotatable bonds is 20. The molecule has 0 saturated heterocycles. The van der Waals surface area contributed by atoms with Crippen LogP contribution in [0, 0.1) is 0 Å². The van der Waals surface area contributed by atoms with Crippen molar-refractivity contribution >= 4 is 42.2 Å². The Bertz CT molecular complexity index is 919. The van der Waals surface area contributed by atoms with Crippen molar-refractivity contribution in [1.82, 2.24) is 0 Å². The Morgan fingerprint density at radius 2 is 0.923 bits per heavy atom. The molecule has 0 aliphatic heterocycles. The quantitative estimate of drug-likeness (QED) is 0.0520. The van der Waals surface area contributed by atoms with Crippen LogP contribution >= 0.6 is 26.3 Å². The van der Waals surface area contributed by atoms with Gasteiger partial charge in [0.2, 0.25) is 0 Å². The first-order chi connectivity index (χ1) is 19.1. The molecule has 0 heterocycles. The van der Waals surface area contributed by atoms with Gasteiger partial charge in [-0.1, -0.05) is 26.7 Å². The maximum atomic E-state index is 6.03. The molecule has 0 aliphatic carbocycles. The van der Waals surface area contributed by atoms with Crippen LogP contribution in [-0.4, -0.2) is 25.7 Å². The fraction of sp³-hybridized carbons (Fsp3) is 0.486. The van der Waals surface area contributed by atoms with Crippen LogP contribution in [0.2, 0.25) is 0 Å². The number of benzene rings is 3. The van der Waals surface area contributed by atoms with E-state index in [0.717, 1.165) is 32.5 Å². The molecule has 0 bridgehead atoms. The van der Waals surface area contributed by atoms with Crippen LogP contribution in [0.25, 0.3) is 0 Å². The van der Waals surface area contributed by atoms with Crippen LogP contribution in [0.3, 0.4) is 0 Å². The summed E-state index contributed by atoms with van der Waals surface area (Å²) in [6.07, 6.45) is 14.3. The van der Waals surface area contributed by atoms with Gasteiger partial charge in [0, 0.05) is 0 Å². The van der Waals surface area contributed by atoms with E-state index in [1.165, 1.54) is 73.4 Å². The molecule has 214 valence electrons. The summed E-state index contributed by atoms with van der Waals surface area (Å²) in [7, 11) is 0. The number of hydrogen-bond acceptors (Lipinski definition) is 2. The van der Waals surface area contributed by atoms with Crippen LogP contribution < -0.4 is 15.9 Å². The molecule has 0 spiro atoms. The van der Waals surface area contributed by atoms with E-state index in [9.17, 15) is 0 Å². The predicted molar refractivity (Wildman–Crippen MR) is 182 cm³/mol. The second-order valence-electron chi connectivity index (χ2n) is 10.7. The molecule has 0 atom stereocenters. The molecule has 0 radical (unpaired) electrons. The molecule has 0 amide bonds. The van der Waals surface area contributed by atoms with Crippen LogP contribution in [-0.2, 0) is 9.47 Å². The average molecular weight is 661 g/mol. The maximum absolute atomic E-state index is 6.03. The summed E-state index contributed by atoms with van der Waals surface area (Å²) in [4.78, 5) is 0. The smallest absolute Gasteiger partial charge is 0.0653 e. The molecule has 39 heavy (non-hydrogen) atoms. The van der Waals surface area contributed by atoms with E-state index in [1.807, 2.05) is 0 Å². The normalized spacial score (nSPS) is 12.9. The predicted octanol–water partition coefficient (Wildman–Crippen LogP) is 9.56. The molecular formula is C35H50IO2P. The number of hydrogen-bond donors (Lipinski definition) is 0. The van der Waals surface area contributed by atoms with Crippen molar-refractivity contribution in [2.45, 2.75) is 90.8 Å². The summed E-state index contributed by atoms with van der Waals surface area (Å²) in [5.41, 5.74) is 0. The van der Waals surface area contributed by atoms with Gasteiger partial charge in [0.15, 0.2) is 0 Å². The molecule has 0 saturated carbocycles. The van der Waals surface area contributed by atoms with E-state index in [1.54, 1.807) is 0 Å². The number of unbranched alkanes of at least 4 members (excludes halogenated alkanes) is 7. The van der Waals surface area contributed by atoms with Gasteiger partial charge in [-0.2, -0.15) is 0 Å². The molecule has 0 unspecified atom stereocenters. The summed E-state index contributed by atoms with van der Waals surface area (Å²) in [5, 5.41) is 4.45. The second-order valence-corrected chi connectivity index (χ2v) is 21.5. The summed E-state index contributed by atoms with van der Waals surface area (Å²) in [6, 6.07) is 33.9. The number of ether oxygens (including phenoxy) is 2. The third-order valence-corrected chi connectivity index (χ3v) is 19.5. The second kappa shape index (κ2) is 17.5. The Morgan fingerprint density at radius 3 is 1.33 bits per heavy atom. The summed E-state index contributed by atoms with van der Waals surface area (Å²) >= 11 is 2.92. The molecule has 0 aromatic heterocycles. The van der Waals surface area contributed by atoms with Crippen LogP contribution in [0.15, 0.2) is 91.0 Å². The zero-order chi connectivity index (χ0) is 27.7. The minimum atomic E-state index is -2.62. The van der Waals surface area contributed by atoms with Gasteiger partial charge in [-0.15, -0.1) is 0 Å². The molecule has 0 N–H and O–H groups in total. The standard InChI is InChI=1S/C35H50IO2P/c1-3-5-29-37-35(38-30-6-4-2)28-20-9-7-8-10-21-31-39(36,32-22-14-11-15-23-32,33-24-16-12-17-25-33)34-26-18-13-19-27-34/h11-19,22-27,35H,3-10,20-21,28-31H2,1-2H3. The van der Waals surface area contributed by atoms with E-state index in [4.69, 9.17) is 9.47 Å². The fourth-order valence-corrected chi connectivity index (χ4v) is 14.2. The molecule has 3 rings (SSSR count). The van der Waals surface area contributed by atoms with Gasteiger partial charge in [0.1, 0.15) is 0 Å². The van der Waals surface area contributed by atoms with Gasteiger partial charge in [-0.25, -0.2) is 0 Å². The minimum absolute atomic E-state index is 0.0177. The zero-order valence-corrected chi connectivity index (χ0v) is 27.3. The van der Waals surface area contributed by atoms with Gasteiger partial charge in [0.25, 0.3) is 0 Å². The Hall–Kier alpha value is -1.26. The summed E-state index contributed by atoms with van der Waals surface area (Å²) in [6.45, 7) is 6.06. The van der Waals surface area contributed by atoms with Gasteiger partial charge in [-0.05, 0) is 0 Å². The van der Waals surface area contributed by atoms with Crippen molar-refractivity contribution in [1.29, 1.82) is 0 Å². The Balaban J connectivity index is 1.59. The summed E-state index contributed by atoms with van der Waals surface area (Å²) < 4.78 is 9.44. The van der Waals surface area contributed by atoms with Crippen molar-refractivity contribution < 1.29 is 9.47 Å².